The Kier molecular flexibility index (Phi) is 5.95. The van der Waals surface area contributed by atoms with Gasteiger partial charge in [-0.05, 0) is 37.8 Å². The molecular formula is C15H23ClN2O2. The molecule has 0 saturated heterocycles. The summed E-state index contributed by atoms with van der Waals surface area (Å²) in [6.07, 6.45) is 3.01. The van der Waals surface area contributed by atoms with Gasteiger partial charge >= 0.3 is 0 Å². The Bertz CT molecular complexity index is 409. The lowest BCUT2D eigenvalue weighted by Gasteiger charge is -2.28. The van der Waals surface area contributed by atoms with Crippen LogP contribution in [0.3, 0.4) is 0 Å². The zero-order chi connectivity index (χ0) is 14.4. The Morgan fingerprint density at radius 2 is 1.80 bits per heavy atom. The molecule has 2 rings (SSSR count). The smallest absolute Gasteiger partial charge is 0.0847 e. The molecule has 0 radical (unpaired) electrons. The lowest BCUT2D eigenvalue weighted by atomic mass is 9.93. The van der Waals surface area contributed by atoms with Crippen molar-refractivity contribution in [1.29, 1.82) is 0 Å². The summed E-state index contributed by atoms with van der Waals surface area (Å²) in [5.41, 5.74) is 2.01. The predicted molar refractivity (Wildman–Crippen MR) is 83.5 cm³/mol. The fourth-order valence-corrected chi connectivity index (χ4v) is 2.59. The van der Waals surface area contributed by atoms with Crippen LogP contribution in [0.4, 0.5) is 11.4 Å². The fraction of sp³-hybridized carbons (Fsp3) is 0.600. The van der Waals surface area contributed by atoms with Crippen LogP contribution < -0.4 is 10.6 Å². The number of rotatable bonds is 6. The lowest BCUT2D eigenvalue weighted by Crippen LogP contribution is -2.28. The van der Waals surface area contributed by atoms with Gasteiger partial charge in [-0.3, -0.25) is 0 Å². The van der Waals surface area contributed by atoms with Crippen molar-refractivity contribution in [2.45, 2.75) is 43.9 Å². The minimum Gasteiger partial charge on any atom is -0.393 e. The predicted octanol–water partition coefficient (Wildman–Crippen LogP) is 2.41. The second-order valence-corrected chi connectivity index (χ2v) is 5.69. The minimum atomic E-state index is -0.547. The van der Waals surface area contributed by atoms with Crippen LogP contribution in [0, 0.1) is 0 Å². The number of nitrogens with one attached hydrogen (secondary N) is 2. The number of anilines is 2. The number of aliphatic hydroxyl groups excluding tert-OH is 2. The third-order valence-corrected chi connectivity index (χ3v) is 4.05. The highest BCUT2D eigenvalue weighted by atomic mass is 35.5. The molecule has 0 heterocycles. The topological polar surface area (TPSA) is 64.5 Å². The third-order valence-electron chi connectivity index (χ3n) is 3.69. The number of hydrogen-bond donors (Lipinski definition) is 4. The van der Waals surface area contributed by atoms with Gasteiger partial charge in [0.2, 0.25) is 0 Å². The van der Waals surface area contributed by atoms with E-state index in [4.69, 9.17) is 11.6 Å². The van der Waals surface area contributed by atoms with Crippen LogP contribution in [0.5, 0.6) is 0 Å². The maximum Gasteiger partial charge on any atom is 0.0847 e. The summed E-state index contributed by atoms with van der Waals surface area (Å²) in [6.45, 7) is 0.436. The normalized spacial score (nSPS) is 24.1. The molecule has 4 N–H and O–H groups in total. The molecule has 0 amide bonds. The summed E-state index contributed by atoms with van der Waals surface area (Å²) in [5, 5.41) is 25.8. The molecule has 0 spiro atoms. The largest absolute Gasteiger partial charge is 0.393 e. The quantitative estimate of drug-likeness (QED) is 0.609. The van der Waals surface area contributed by atoms with E-state index in [1.54, 1.807) is 0 Å². The van der Waals surface area contributed by atoms with Gasteiger partial charge in [0.15, 0.2) is 0 Å². The summed E-state index contributed by atoms with van der Waals surface area (Å²) < 4.78 is 0. The van der Waals surface area contributed by atoms with Crippen molar-refractivity contribution in [2.75, 3.05) is 23.1 Å². The van der Waals surface area contributed by atoms with E-state index in [-0.39, 0.29) is 12.0 Å². The number of hydrogen-bond acceptors (Lipinski definition) is 4. The monoisotopic (exact) mass is 298 g/mol. The zero-order valence-electron chi connectivity index (χ0n) is 11.6. The number of para-hydroxylation sites is 2. The molecule has 0 aromatic heterocycles. The Hall–Kier alpha value is -0.970. The first-order chi connectivity index (χ1) is 9.69. The van der Waals surface area contributed by atoms with Gasteiger partial charge in [-0.15, -0.1) is 11.6 Å². The van der Waals surface area contributed by atoms with E-state index in [0.29, 0.717) is 12.6 Å². The Labute approximate surface area is 125 Å². The number of halogens is 1. The maximum atomic E-state index is 9.54. The van der Waals surface area contributed by atoms with Gasteiger partial charge in [0.05, 0.1) is 29.5 Å². The first-order valence-corrected chi connectivity index (χ1v) is 7.74. The van der Waals surface area contributed by atoms with Crippen LogP contribution in [-0.2, 0) is 0 Å². The van der Waals surface area contributed by atoms with Crippen LogP contribution in [-0.4, -0.2) is 40.9 Å². The highest BCUT2D eigenvalue weighted by molar-refractivity contribution is 6.18. The fourth-order valence-electron chi connectivity index (χ4n) is 2.49. The van der Waals surface area contributed by atoms with Crippen molar-refractivity contribution >= 4 is 23.0 Å². The molecule has 4 nitrogen and oxygen atoms in total. The van der Waals surface area contributed by atoms with Gasteiger partial charge in [-0.1, -0.05) is 12.1 Å². The molecule has 112 valence electrons. The van der Waals surface area contributed by atoms with E-state index in [2.05, 4.69) is 10.6 Å². The molecule has 0 aliphatic heterocycles. The average molecular weight is 299 g/mol. The Morgan fingerprint density at radius 1 is 1.15 bits per heavy atom. The third kappa shape index (κ3) is 4.54. The molecule has 1 aliphatic rings. The average Bonchev–Trinajstić information content (AvgIpc) is 2.48. The molecule has 1 atom stereocenters. The van der Waals surface area contributed by atoms with Gasteiger partial charge in [0, 0.05) is 12.6 Å². The number of aliphatic hydroxyl groups is 2. The molecule has 1 aliphatic carbocycles. The van der Waals surface area contributed by atoms with Crippen molar-refractivity contribution in [3.05, 3.63) is 24.3 Å². The molecule has 5 heteroatoms. The van der Waals surface area contributed by atoms with Gasteiger partial charge in [-0.25, -0.2) is 0 Å². The van der Waals surface area contributed by atoms with E-state index >= 15 is 0 Å². The van der Waals surface area contributed by atoms with E-state index in [1.807, 2.05) is 24.3 Å². The van der Waals surface area contributed by atoms with Crippen LogP contribution in [0.15, 0.2) is 24.3 Å². The van der Waals surface area contributed by atoms with Crippen LogP contribution in [0.2, 0.25) is 0 Å². The lowest BCUT2D eigenvalue weighted by molar-refractivity contribution is 0.126. The van der Waals surface area contributed by atoms with E-state index < -0.39 is 6.10 Å². The molecule has 1 saturated carbocycles. The van der Waals surface area contributed by atoms with Crippen molar-refractivity contribution in [1.82, 2.24) is 0 Å². The van der Waals surface area contributed by atoms with Crippen LogP contribution in [0.1, 0.15) is 25.7 Å². The molecule has 1 aromatic rings. The summed E-state index contributed by atoms with van der Waals surface area (Å²) in [5.74, 6) is 0.225. The number of benzene rings is 1. The van der Waals surface area contributed by atoms with Crippen molar-refractivity contribution < 1.29 is 10.2 Å². The highest BCUT2D eigenvalue weighted by Gasteiger charge is 2.19. The van der Waals surface area contributed by atoms with Crippen LogP contribution in [0.25, 0.3) is 0 Å². The summed E-state index contributed by atoms with van der Waals surface area (Å²) in [6, 6.07) is 8.37. The zero-order valence-corrected chi connectivity index (χ0v) is 12.3. The van der Waals surface area contributed by atoms with Crippen molar-refractivity contribution in [2.24, 2.45) is 0 Å². The second-order valence-electron chi connectivity index (χ2n) is 5.38. The maximum absolute atomic E-state index is 9.54. The molecule has 1 fully saturated rings. The van der Waals surface area contributed by atoms with Crippen molar-refractivity contribution in [3.63, 3.8) is 0 Å². The van der Waals surface area contributed by atoms with Gasteiger partial charge in [-0.2, -0.15) is 0 Å². The molecule has 20 heavy (non-hydrogen) atoms. The number of alkyl halides is 1. The Morgan fingerprint density at radius 3 is 2.45 bits per heavy atom. The van der Waals surface area contributed by atoms with Crippen LogP contribution >= 0.6 is 11.6 Å². The van der Waals surface area contributed by atoms with E-state index in [9.17, 15) is 10.2 Å². The molecule has 0 bridgehead atoms. The second kappa shape index (κ2) is 7.72. The highest BCUT2D eigenvalue weighted by Crippen LogP contribution is 2.26. The first-order valence-electron chi connectivity index (χ1n) is 7.20. The van der Waals surface area contributed by atoms with Crippen molar-refractivity contribution in [3.8, 4) is 0 Å². The van der Waals surface area contributed by atoms with Gasteiger partial charge in [0.25, 0.3) is 0 Å². The minimum absolute atomic E-state index is 0.139. The van der Waals surface area contributed by atoms with Gasteiger partial charge in [0.1, 0.15) is 0 Å². The standard InChI is InChI=1S/C15H23ClN2O2/c16-9-13(20)10-17-14-3-1-2-4-15(14)18-11-5-7-12(19)8-6-11/h1-4,11-13,17-20H,5-10H2. The van der Waals surface area contributed by atoms with Gasteiger partial charge < -0.3 is 20.8 Å². The molecule has 1 unspecified atom stereocenters. The molecule has 1 aromatic carbocycles. The SMILES string of the molecule is OC1CCC(Nc2ccccc2NCC(O)CCl)CC1. The summed E-state index contributed by atoms with van der Waals surface area (Å²) in [7, 11) is 0. The summed E-state index contributed by atoms with van der Waals surface area (Å²) >= 11 is 5.60. The first kappa shape index (κ1) is 15.4. The summed E-state index contributed by atoms with van der Waals surface area (Å²) in [4.78, 5) is 0. The van der Waals surface area contributed by atoms with E-state index in [1.165, 1.54) is 0 Å². The Balaban J connectivity index is 1.93. The van der Waals surface area contributed by atoms with E-state index in [0.717, 1.165) is 37.1 Å². The molecular weight excluding hydrogens is 276 g/mol.